The lowest BCUT2D eigenvalue weighted by Crippen LogP contribution is -2.44. The topological polar surface area (TPSA) is 66.6 Å². The molecule has 0 radical (unpaired) electrons. The molecular weight excluding hydrogens is 453 g/mol. The average molecular weight is 481 g/mol. The van der Waals surface area contributed by atoms with Crippen LogP contribution >= 0.6 is 24.0 Å². The standard InChI is InChI=1S/C20H27N5O.HI/c1-3-18-23-17(24-26-18)10-13-22-19(21-2)25-14-20(11-6-7-12-20)15-8-4-5-9-16(15)25;/h4-5,8-9H,3,6-7,10-14H2,1-2H3,(H,21,22);1H. The molecule has 0 unspecified atom stereocenters. The van der Waals surface area contributed by atoms with Crippen LogP contribution in [0.3, 0.4) is 0 Å². The van der Waals surface area contributed by atoms with E-state index in [-0.39, 0.29) is 24.0 Å². The van der Waals surface area contributed by atoms with Gasteiger partial charge in [0.15, 0.2) is 11.8 Å². The molecule has 0 amide bonds. The van der Waals surface area contributed by atoms with Gasteiger partial charge in [0.25, 0.3) is 0 Å². The van der Waals surface area contributed by atoms with E-state index in [0.717, 1.165) is 37.7 Å². The van der Waals surface area contributed by atoms with Gasteiger partial charge in [-0.2, -0.15) is 4.98 Å². The number of hydrogen-bond donors (Lipinski definition) is 1. The van der Waals surface area contributed by atoms with Crippen LogP contribution in [0.4, 0.5) is 5.69 Å². The molecule has 1 aromatic heterocycles. The van der Waals surface area contributed by atoms with Gasteiger partial charge < -0.3 is 14.7 Å². The molecule has 1 aromatic carbocycles. The third-order valence-electron chi connectivity index (χ3n) is 5.70. The van der Waals surface area contributed by atoms with E-state index in [1.54, 1.807) is 0 Å². The number of para-hydroxylation sites is 1. The van der Waals surface area contributed by atoms with Crippen LogP contribution in [0.1, 0.15) is 49.9 Å². The predicted molar refractivity (Wildman–Crippen MR) is 118 cm³/mol. The lowest BCUT2D eigenvalue weighted by molar-refractivity contribution is 0.376. The Kier molecular flexibility index (Phi) is 6.39. The average Bonchev–Trinajstić information content (AvgIpc) is 3.40. The van der Waals surface area contributed by atoms with Crippen LogP contribution in [-0.4, -0.2) is 36.2 Å². The monoisotopic (exact) mass is 481 g/mol. The lowest BCUT2D eigenvalue weighted by Gasteiger charge is -2.26. The van der Waals surface area contributed by atoms with E-state index < -0.39 is 0 Å². The normalized spacial score (nSPS) is 17.9. The number of nitrogens with one attached hydrogen (secondary N) is 1. The van der Waals surface area contributed by atoms with Crippen LogP contribution in [-0.2, 0) is 18.3 Å². The Morgan fingerprint density at radius 3 is 2.78 bits per heavy atom. The molecule has 1 fully saturated rings. The Morgan fingerprint density at radius 2 is 2.07 bits per heavy atom. The quantitative estimate of drug-likeness (QED) is 0.410. The van der Waals surface area contributed by atoms with Crippen LogP contribution in [0, 0.1) is 0 Å². The predicted octanol–water partition coefficient (Wildman–Crippen LogP) is 3.70. The minimum Gasteiger partial charge on any atom is -0.355 e. The molecule has 1 spiro atoms. The summed E-state index contributed by atoms with van der Waals surface area (Å²) in [6.45, 7) is 3.77. The van der Waals surface area contributed by atoms with Crippen molar-refractivity contribution in [3.05, 3.63) is 41.5 Å². The van der Waals surface area contributed by atoms with Crippen LogP contribution in [0.25, 0.3) is 0 Å². The fourth-order valence-corrected chi connectivity index (χ4v) is 4.42. The summed E-state index contributed by atoms with van der Waals surface area (Å²) in [7, 11) is 1.86. The summed E-state index contributed by atoms with van der Waals surface area (Å²) >= 11 is 0. The summed E-state index contributed by atoms with van der Waals surface area (Å²) in [5.74, 6) is 2.38. The molecule has 1 saturated carbocycles. The van der Waals surface area contributed by atoms with Gasteiger partial charge in [0.05, 0.1) is 0 Å². The summed E-state index contributed by atoms with van der Waals surface area (Å²) in [4.78, 5) is 11.3. The molecule has 0 saturated heterocycles. The zero-order chi connectivity index (χ0) is 18.0. The van der Waals surface area contributed by atoms with Crippen molar-refractivity contribution in [3.8, 4) is 0 Å². The molecule has 2 aromatic rings. The Labute approximate surface area is 177 Å². The van der Waals surface area contributed by atoms with Crippen molar-refractivity contribution in [1.82, 2.24) is 15.5 Å². The van der Waals surface area contributed by atoms with Gasteiger partial charge in [-0.3, -0.25) is 4.99 Å². The number of halogens is 1. The zero-order valence-electron chi connectivity index (χ0n) is 16.1. The number of guanidine groups is 1. The fourth-order valence-electron chi connectivity index (χ4n) is 4.42. The summed E-state index contributed by atoms with van der Waals surface area (Å²) in [6.07, 6.45) is 6.70. The molecule has 2 heterocycles. The van der Waals surface area contributed by atoms with Crippen molar-refractivity contribution < 1.29 is 4.52 Å². The molecule has 27 heavy (non-hydrogen) atoms. The van der Waals surface area contributed by atoms with E-state index in [1.807, 2.05) is 14.0 Å². The fraction of sp³-hybridized carbons (Fsp3) is 0.550. The van der Waals surface area contributed by atoms with Gasteiger partial charge in [-0.25, -0.2) is 0 Å². The van der Waals surface area contributed by atoms with Crippen LogP contribution in [0.2, 0.25) is 0 Å². The van der Waals surface area contributed by atoms with Gasteiger partial charge in [-0.15, -0.1) is 24.0 Å². The first kappa shape index (κ1) is 20.1. The summed E-state index contributed by atoms with van der Waals surface area (Å²) in [5, 5.41) is 7.51. The first-order valence-corrected chi connectivity index (χ1v) is 9.65. The lowest BCUT2D eigenvalue weighted by atomic mass is 9.81. The second-order valence-electron chi connectivity index (χ2n) is 7.27. The van der Waals surface area contributed by atoms with Crippen molar-refractivity contribution in [2.75, 3.05) is 25.0 Å². The van der Waals surface area contributed by atoms with E-state index in [0.29, 0.717) is 11.3 Å². The molecule has 1 aliphatic heterocycles. The number of nitrogens with zero attached hydrogens (tertiary/aromatic N) is 4. The summed E-state index contributed by atoms with van der Waals surface area (Å²) in [5.41, 5.74) is 3.10. The molecule has 4 rings (SSSR count). The number of aryl methyl sites for hydroxylation is 1. The van der Waals surface area contributed by atoms with Crippen molar-refractivity contribution in [2.45, 2.75) is 50.9 Å². The van der Waals surface area contributed by atoms with Crippen LogP contribution in [0.5, 0.6) is 0 Å². The van der Waals surface area contributed by atoms with E-state index in [9.17, 15) is 0 Å². The Balaban J connectivity index is 0.00000210. The maximum Gasteiger partial charge on any atom is 0.226 e. The number of benzene rings is 1. The largest absolute Gasteiger partial charge is 0.355 e. The molecular formula is C20H28IN5O. The van der Waals surface area contributed by atoms with E-state index >= 15 is 0 Å². The highest BCUT2D eigenvalue weighted by molar-refractivity contribution is 14.0. The summed E-state index contributed by atoms with van der Waals surface area (Å²) < 4.78 is 5.18. The molecule has 0 atom stereocenters. The van der Waals surface area contributed by atoms with E-state index in [4.69, 9.17) is 4.52 Å². The molecule has 0 bridgehead atoms. The second-order valence-corrected chi connectivity index (χ2v) is 7.27. The van der Waals surface area contributed by atoms with Crippen molar-refractivity contribution in [2.24, 2.45) is 4.99 Å². The highest BCUT2D eigenvalue weighted by atomic mass is 127. The third kappa shape index (κ3) is 3.83. The van der Waals surface area contributed by atoms with Crippen LogP contribution in [0.15, 0.2) is 33.8 Å². The van der Waals surface area contributed by atoms with Gasteiger partial charge in [0, 0.05) is 44.1 Å². The van der Waals surface area contributed by atoms with Gasteiger partial charge in [-0.1, -0.05) is 43.1 Å². The van der Waals surface area contributed by atoms with Crippen molar-refractivity contribution in [1.29, 1.82) is 0 Å². The number of aliphatic imine (C=N–C) groups is 1. The maximum atomic E-state index is 5.18. The molecule has 1 N–H and O–H groups in total. The molecule has 1 aliphatic carbocycles. The van der Waals surface area contributed by atoms with Gasteiger partial charge in [0.2, 0.25) is 5.89 Å². The number of hydrogen-bond acceptors (Lipinski definition) is 4. The number of rotatable bonds is 4. The van der Waals surface area contributed by atoms with Gasteiger partial charge >= 0.3 is 0 Å². The molecule has 7 heteroatoms. The van der Waals surface area contributed by atoms with Gasteiger partial charge in [0.1, 0.15) is 0 Å². The number of aromatic nitrogens is 2. The number of fused-ring (bicyclic) bond motifs is 2. The van der Waals surface area contributed by atoms with Crippen LogP contribution < -0.4 is 10.2 Å². The highest BCUT2D eigenvalue weighted by Gasteiger charge is 2.45. The van der Waals surface area contributed by atoms with E-state index in [1.165, 1.54) is 36.9 Å². The molecule has 2 aliphatic rings. The van der Waals surface area contributed by atoms with Gasteiger partial charge in [-0.05, 0) is 24.5 Å². The minimum atomic E-state index is 0. The highest BCUT2D eigenvalue weighted by Crippen LogP contribution is 2.50. The Morgan fingerprint density at radius 1 is 1.30 bits per heavy atom. The first-order valence-electron chi connectivity index (χ1n) is 9.65. The maximum absolute atomic E-state index is 5.18. The van der Waals surface area contributed by atoms with E-state index in [2.05, 4.69) is 49.6 Å². The SMILES string of the molecule is CCc1nc(CCNC(=NC)N2CC3(CCCC3)c3ccccc32)no1.I. The Hall–Kier alpha value is -1.64. The minimum absolute atomic E-state index is 0. The zero-order valence-corrected chi connectivity index (χ0v) is 18.4. The first-order chi connectivity index (χ1) is 12.8. The molecule has 6 nitrogen and oxygen atoms in total. The molecule has 146 valence electrons. The number of anilines is 1. The Bertz CT molecular complexity index is 797. The smallest absolute Gasteiger partial charge is 0.226 e. The third-order valence-corrected chi connectivity index (χ3v) is 5.70. The summed E-state index contributed by atoms with van der Waals surface area (Å²) in [6, 6.07) is 8.82. The van der Waals surface area contributed by atoms with Crippen molar-refractivity contribution in [3.63, 3.8) is 0 Å². The second kappa shape index (κ2) is 8.58. The van der Waals surface area contributed by atoms with Crippen molar-refractivity contribution >= 4 is 35.6 Å².